The highest BCUT2D eigenvalue weighted by atomic mass is 19.1. The van der Waals surface area contributed by atoms with E-state index in [2.05, 4.69) is 15.5 Å². The summed E-state index contributed by atoms with van der Waals surface area (Å²) in [5, 5.41) is 10.7. The number of halogens is 1. The second kappa shape index (κ2) is 6.39. The third-order valence-corrected chi connectivity index (χ3v) is 3.45. The zero-order valence-corrected chi connectivity index (χ0v) is 12.5. The van der Waals surface area contributed by atoms with E-state index in [9.17, 15) is 9.18 Å². The molecule has 23 heavy (non-hydrogen) atoms. The molecule has 0 aliphatic rings. The van der Waals surface area contributed by atoms with E-state index in [4.69, 9.17) is 0 Å². The predicted molar refractivity (Wildman–Crippen MR) is 85.5 cm³/mol. The van der Waals surface area contributed by atoms with Crippen molar-refractivity contribution in [3.05, 3.63) is 66.2 Å². The SMILES string of the molecule is CCn1cnnc1-c1cccc(NC(=O)c2ccccc2F)c1. The van der Waals surface area contributed by atoms with Gasteiger partial charge in [-0.25, -0.2) is 4.39 Å². The second-order valence-electron chi connectivity index (χ2n) is 4.96. The largest absolute Gasteiger partial charge is 0.322 e. The van der Waals surface area contributed by atoms with Gasteiger partial charge in [-0.1, -0.05) is 24.3 Å². The first kappa shape index (κ1) is 14.9. The Hall–Kier alpha value is -3.02. The summed E-state index contributed by atoms with van der Waals surface area (Å²) in [7, 11) is 0. The molecule has 0 saturated carbocycles. The third kappa shape index (κ3) is 3.11. The molecular formula is C17H15FN4O. The minimum Gasteiger partial charge on any atom is -0.322 e. The Bertz CT molecular complexity index is 844. The lowest BCUT2D eigenvalue weighted by Crippen LogP contribution is -2.13. The van der Waals surface area contributed by atoms with Crippen LogP contribution >= 0.6 is 0 Å². The van der Waals surface area contributed by atoms with Crippen molar-refractivity contribution in [1.82, 2.24) is 14.8 Å². The van der Waals surface area contributed by atoms with Gasteiger partial charge in [-0.3, -0.25) is 4.79 Å². The smallest absolute Gasteiger partial charge is 0.258 e. The van der Waals surface area contributed by atoms with Crippen LogP contribution in [0.4, 0.5) is 10.1 Å². The average molecular weight is 310 g/mol. The van der Waals surface area contributed by atoms with Crippen LogP contribution in [0, 0.1) is 5.82 Å². The maximum absolute atomic E-state index is 13.7. The number of anilines is 1. The van der Waals surface area contributed by atoms with E-state index < -0.39 is 11.7 Å². The number of carbonyl (C=O) groups is 1. The molecule has 3 aromatic rings. The Labute approximate surface area is 132 Å². The Morgan fingerprint density at radius 2 is 2.04 bits per heavy atom. The second-order valence-corrected chi connectivity index (χ2v) is 4.96. The monoisotopic (exact) mass is 310 g/mol. The van der Waals surface area contributed by atoms with Gasteiger partial charge in [-0.2, -0.15) is 0 Å². The third-order valence-electron chi connectivity index (χ3n) is 3.45. The van der Waals surface area contributed by atoms with E-state index in [-0.39, 0.29) is 5.56 Å². The van der Waals surface area contributed by atoms with Crippen molar-refractivity contribution in [2.45, 2.75) is 13.5 Å². The van der Waals surface area contributed by atoms with Crippen molar-refractivity contribution < 1.29 is 9.18 Å². The van der Waals surface area contributed by atoms with E-state index in [1.165, 1.54) is 12.1 Å². The van der Waals surface area contributed by atoms with Crippen LogP contribution in [0.3, 0.4) is 0 Å². The lowest BCUT2D eigenvalue weighted by Gasteiger charge is -2.08. The van der Waals surface area contributed by atoms with Gasteiger partial charge in [0.05, 0.1) is 5.56 Å². The summed E-state index contributed by atoms with van der Waals surface area (Å²) in [4.78, 5) is 12.2. The predicted octanol–water partition coefficient (Wildman–Crippen LogP) is 3.36. The molecule has 6 heteroatoms. The Morgan fingerprint density at radius 1 is 1.22 bits per heavy atom. The maximum Gasteiger partial charge on any atom is 0.258 e. The Morgan fingerprint density at radius 3 is 2.83 bits per heavy atom. The van der Waals surface area contributed by atoms with Gasteiger partial charge in [0.1, 0.15) is 12.1 Å². The van der Waals surface area contributed by atoms with Crippen molar-refractivity contribution in [3.63, 3.8) is 0 Å². The van der Waals surface area contributed by atoms with E-state index in [1.54, 1.807) is 36.7 Å². The molecule has 2 aromatic carbocycles. The molecule has 1 heterocycles. The van der Waals surface area contributed by atoms with Crippen LogP contribution in [-0.4, -0.2) is 20.7 Å². The van der Waals surface area contributed by atoms with Crippen LogP contribution in [0.2, 0.25) is 0 Å². The number of nitrogens with one attached hydrogen (secondary N) is 1. The Kier molecular flexibility index (Phi) is 4.14. The number of carbonyl (C=O) groups excluding carboxylic acids is 1. The summed E-state index contributed by atoms with van der Waals surface area (Å²) in [6, 6.07) is 13.1. The van der Waals surface area contributed by atoms with E-state index >= 15 is 0 Å². The number of rotatable bonds is 4. The van der Waals surface area contributed by atoms with E-state index in [0.717, 1.165) is 17.9 Å². The van der Waals surface area contributed by atoms with Crippen molar-refractivity contribution in [1.29, 1.82) is 0 Å². The summed E-state index contributed by atoms with van der Waals surface area (Å²) in [5.41, 5.74) is 1.41. The molecular weight excluding hydrogens is 295 g/mol. The van der Waals surface area contributed by atoms with Gasteiger partial charge in [0.15, 0.2) is 5.82 Å². The highest BCUT2D eigenvalue weighted by Crippen LogP contribution is 2.21. The fourth-order valence-corrected chi connectivity index (χ4v) is 2.29. The number of aryl methyl sites for hydroxylation is 1. The summed E-state index contributed by atoms with van der Waals surface area (Å²) in [6.07, 6.45) is 1.65. The number of amides is 1. The average Bonchev–Trinajstić information content (AvgIpc) is 3.04. The zero-order chi connectivity index (χ0) is 16.2. The molecule has 1 amide bonds. The zero-order valence-electron chi connectivity index (χ0n) is 12.5. The summed E-state index contributed by atoms with van der Waals surface area (Å²) >= 11 is 0. The van der Waals surface area contributed by atoms with Crippen molar-refractivity contribution in [3.8, 4) is 11.4 Å². The molecule has 116 valence electrons. The number of hydrogen-bond donors (Lipinski definition) is 1. The molecule has 0 aliphatic heterocycles. The molecule has 3 rings (SSSR count). The molecule has 0 aliphatic carbocycles. The Balaban J connectivity index is 1.86. The van der Waals surface area contributed by atoms with Gasteiger partial charge in [0.25, 0.3) is 5.91 Å². The van der Waals surface area contributed by atoms with Crippen LogP contribution in [-0.2, 0) is 6.54 Å². The van der Waals surface area contributed by atoms with Crippen molar-refractivity contribution in [2.75, 3.05) is 5.32 Å². The van der Waals surface area contributed by atoms with Crippen LogP contribution < -0.4 is 5.32 Å². The molecule has 0 fully saturated rings. The highest BCUT2D eigenvalue weighted by Gasteiger charge is 2.12. The topological polar surface area (TPSA) is 59.8 Å². The van der Waals surface area contributed by atoms with Gasteiger partial charge in [-0.05, 0) is 31.2 Å². The summed E-state index contributed by atoms with van der Waals surface area (Å²) in [6.45, 7) is 2.74. The molecule has 0 radical (unpaired) electrons. The number of nitrogens with zero attached hydrogens (tertiary/aromatic N) is 3. The minimum atomic E-state index is -0.549. The first-order valence-electron chi connectivity index (χ1n) is 7.23. The molecule has 5 nitrogen and oxygen atoms in total. The fraction of sp³-hybridized carbons (Fsp3) is 0.118. The van der Waals surface area contributed by atoms with Crippen LogP contribution in [0.1, 0.15) is 17.3 Å². The van der Waals surface area contributed by atoms with Gasteiger partial charge in [-0.15, -0.1) is 10.2 Å². The van der Waals surface area contributed by atoms with Crippen molar-refractivity contribution in [2.24, 2.45) is 0 Å². The minimum absolute atomic E-state index is 0.00891. The highest BCUT2D eigenvalue weighted by molar-refractivity contribution is 6.04. The molecule has 0 saturated heterocycles. The van der Waals surface area contributed by atoms with Gasteiger partial charge < -0.3 is 9.88 Å². The standard InChI is InChI=1S/C17H15FN4O/c1-2-22-11-19-21-16(22)12-6-5-7-13(10-12)20-17(23)14-8-3-4-9-15(14)18/h3-11H,2H2,1H3,(H,20,23). The molecule has 0 spiro atoms. The number of hydrogen-bond acceptors (Lipinski definition) is 3. The number of aromatic nitrogens is 3. The van der Waals surface area contributed by atoms with Crippen LogP contribution in [0.15, 0.2) is 54.9 Å². The quantitative estimate of drug-likeness (QED) is 0.804. The summed E-state index contributed by atoms with van der Waals surface area (Å²) < 4.78 is 15.6. The first-order chi connectivity index (χ1) is 11.2. The van der Waals surface area contributed by atoms with E-state index in [0.29, 0.717) is 5.69 Å². The molecule has 0 bridgehead atoms. The molecule has 1 N–H and O–H groups in total. The number of benzene rings is 2. The van der Waals surface area contributed by atoms with Crippen LogP contribution in [0.25, 0.3) is 11.4 Å². The van der Waals surface area contributed by atoms with Gasteiger partial charge >= 0.3 is 0 Å². The molecule has 0 atom stereocenters. The van der Waals surface area contributed by atoms with Gasteiger partial charge in [0, 0.05) is 17.8 Å². The van der Waals surface area contributed by atoms with Crippen LogP contribution in [0.5, 0.6) is 0 Å². The fourth-order valence-electron chi connectivity index (χ4n) is 2.29. The maximum atomic E-state index is 13.7. The first-order valence-corrected chi connectivity index (χ1v) is 7.23. The molecule has 0 unspecified atom stereocenters. The lowest BCUT2D eigenvalue weighted by molar-refractivity contribution is 0.102. The normalized spacial score (nSPS) is 10.5. The van der Waals surface area contributed by atoms with E-state index in [1.807, 2.05) is 17.6 Å². The van der Waals surface area contributed by atoms with Gasteiger partial charge in [0.2, 0.25) is 0 Å². The summed E-state index contributed by atoms with van der Waals surface area (Å²) in [5.74, 6) is -0.321. The molecule has 1 aromatic heterocycles. The van der Waals surface area contributed by atoms with Crippen molar-refractivity contribution >= 4 is 11.6 Å². The lowest BCUT2D eigenvalue weighted by atomic mass is 10.1.